The number of carbonyl (C=O) groups is 1. The molecule has 5 nitrogen and oxygen atoms in total. The maximum Gasteiger partial charge on any atom is 0.290 e. The molecule has 1 aliphatic rings. The van der Waals surface area contributed by atoms with Crippen molar-refractivity contribution in [2.75, 3.05) is 14.2 Å². The van der Waals surface area contributed by atoms with Crippen LogP contribution in [0.4, 0.5) is 0 Å². The van der Waals surface area contributed by atoms with Crippen molar-refractivity contribution in [3.8, 4) is 5.75 Å². The van der Waals surface area contributed by atoms with E-state index in [0.29, 0.717) is 22.3 Å². The number of fused-ring (bicyclic) bond motifs is 2. The molecule has 2 aromatic carbocycles. The molecule has 1 aliphatic heterocycles. The molecule has 0 saturated heterocycles. The average Bonchev–Trinajstić information content (AvgIpc) is 2.87. The van der Waals surface area contributed by atoms with E-state index in [-0.39, 0.29) is 17.1 Å². The van der Waals surface area contributed by atoms with Gasteiger partial charge in [0.25, 0.3) is 5.91 Å². The van der Waals surface area contributed by atoms with Gasteiger partial charge in [0.15, 0.2) is 5.43 Å². The summed E-state index contributed by atoms with van der Waals surface area (Å²) < 4.78 is 11.2. The van der Waals surface area contributed by atoms with Crippen LogP contribution in [0.15, 0.2) is 57.7 Å². The number of amides is 1. The molecule has 3 aromatic rings. The maximum atomic E-state index is 13.0. The van der Waals surface area contributed by atoms with Crippen molar-refractivity contribution in [3.05, 3.63) is 75.6 Å². The Labute approximate surface area is 138 Å². The summed E-state index contributed by atoms with van der Waals surface area (Å²) in [7, 11) is 3.23. The van der Waals surface area contributed by atoms with E-state index in [9.17, 15) is 9.59 Å². The van der Waals surface area contributed by atoms with Crippen molar-refractivity contribution in [2.24, 2.45) is 0 Å². The molecular weight excluding hydrogens is 306 g/mol. The number of ether oxygens (including phenoxy) is 1. The third kappa shape index (κ3) is 1.88. The van der Waals surface area contributed by atoms with Gasteiger partial charge in [-0.15, -0.1) is 0 Å². The minimum atomic E-state index is -0.524. The minimum absolute atomic E-state index is 0.108. The SMILES string of the molecule is COc1ccccc1[C@H]1c2c(oc3ccccc3c2=O)C(=O)N1C. The van der Waals surface area contributed by atoms with Crippen LogP contribution in [0.5, 0.6) is 5.75 Å². The van der Waals surface area contributed by atoms with E-state index in [1.165, 1.54) is 4.90 Å². The number of para-hydroxylation sites is 2. The normalized spacial score (nSPS) is 16.5. The van der Waals surface area contributed by atoms with Crippen molar-refractivity contribution in [3.63, 3.8) is 0 Å². The quantitative estimate of drug-likeness (QED) is 0.728. The van der Waals surface area contributed by atoms with Crippen LogP contribution in [0.25, 0.3) is 11.0 Å². The second-order valence-electron chi connectivity index (χ2n) is 5.73. The maximum absolute atomic E-state index is 13.0. The molecular formula is C19H15NO4. The number of benzene rings is 2. The molecule has 1 aromatic heterocycles. The molecule has 0 N–H and O–H groups in total. The van der Waals surface area contributed by atoms with Gasteiger partial charge in [-0.2, -0.15) is 0 Å². The highest BCUT2D eigenvalue weighted by molar-refractivity contribution is 5.98. The van der Waals surface area contributed by atoms with Gasteiger partial charge in [0.05, 0.1) is 24.1 Å². The van der Waals surface area contributed by atoms with Crippen molar-refractivity contribution in [1.82, 2.24) is 4.90 Å². The number of nitrogens with zero attached hydrogens (tertiary/aromatic N) is 1. The van der Waals surface area contributed by atoms with E-state index >= 15 is 0 Å². The van der Waals surface area contributed by atoms with Gasteiger partial charge in [-0.05, 0) is 18.2 Å². The summed E-state index contributed by atoms with van der Waals surface area (Å²) in [6, 6.07) is 13.8. The van der Waals surface area contributed by atoms with Crippen LogP contribution in [0.2, 0.25) is 0 Å². The predicted molar refractivity (Wildman–Crippen MR) is 89.4 cm³/mol. The molecule has 0 radical (unpaired) electrons. The first-order valence-corrected chi connectivity index (χ1v) is 7.59. The summed E-state index contributed by atoms with van der Waals surface area (Å²) in [5, 5.41) is 0.472. The number of methoxy groups -OCH3 is 1. The van der Waals surface area contributed by atoms with E-state index in [1.54, 1.807) is 38.4 Å². The van der Waals surface area contributed by atoms with Gasteiger partial charge in [-0.1, -0.05) is 30.3 Å². The fourth-order valence-corrected chi connectivity index (χ4v) is 3.29. The molecule has 24 heavy (non-hydrogen) atoms. The highest BCUT2D eigenvalue weighted by atomic mass is 16.5. The molecule has 0 bridgehead atoms. The number of carbonyl (C=O) groups excluding carboxylic acids is 1. The van der Waals surface area contributed by atoms with Crippen LogP contribution < -0.4 is 10.2 Å². The summed E-state index contributed by atoms with van der Waals surface area (Å²) in [6.07, 6.45) is 0. The Morgan fingerprint density at radius 1 is 1.04 bits per heavy atom. The monoisotopic (exact) mass is 321 g/mol. The molecule has 0 aliphatic carbocycles. The number of rotatable bonds is 2. The van der Waals surface area contributed by atoms with Gasteiger partial charge >= 0.3 is 0 Å². The van der Waals surface area contributed by atoms with Crippen molar-refractivity contribution >= 4 is 16.9 Å². The summed E-state index contributed by atoms with van der Waals surface area (Å²) in [4.78, 5) is 27.2. The van der Waals surface area contributed by atoms with Crippen LogP contribution in [0.3, 0.4) is 0 Å². The fourth-order valence-electron chi connectivity index (χ4n) is 3.29. The van der Waals surface area contributed by atoms with E-state index in [0.717, 1.165) is 5.56 Å². The molecule has 120 valence electrons. The Morgan fingerprint density at radius 2 is 1.75 bits per heavy atom. The lowest BCUT2D eigenvalue weighted by Gasteiger charge is -2.22. The molecule has 0 spiro atoms. The molecule has 4 rings (SSSR count). The number of hydrogen-bond acceptors (Lipinski definition) is 4. The third-order valence-electron chi connectivity index (χ3n) is 4.44. The van der Waals surface area contributed by atoms with Crippen molar-refractivity contribution in [1.29, 1.82) is 0 Å². The van der Waals surface area contributed by atoms with Gasteiger partial charge in [0.1, 0.15) is 11.3 Å². The van der Waals surface area contributed by atoms with E-state index in [2.05, 4.69) is 0 Å². The fraction of sp³-hybridized carbons (Fsp3) is 0.158. The third-order valence-corrected chi connectivity index (χ3v) is 4.44. The Kier molecular flexibility index (Phi) is 3.16. The van der Waals surface area contributed by atoms with Gasteiger partial charge in [-0.25, -0.2) is 0 Å². The highest BCUT2D eigenvalue weighted by Gasteiger charge is 2.41. The van der Waals surface area contributed by atoms with E-state index in [4.69, 9.17) is 9.15 Å². The topological polar surface area (TPSA) is 59.8 Å². The first kappa shape index (κ1) is 14.5. The smallest absolute Gasteiger partial charge is 0.290 e. The van der Waals surface area contributed by atoms with Crippen LogP contribution >= 0.6 is 0 Å². The standard InChI is InChI=1S/C19H15NO4/c1-20-16(11-7-3-5-9-13(11)23-2)15-17(21)12-8-4-6-10-14(12)24-18(15)19(20)22/h3-10,16H,1-2H3/t16-/m0/s1. The van der Waals surface area contributed by atoms with Gasteiger partial charge in [0.2, 0.25) is 5.76 Å². The lowest BCUT2D eigenvalue weighted by molar-refractivity contribution is 0.0770. The molecule has 1 atom stereocenters. The van der Waals surface area contributed by atoms with E-state index < -0.39 is 6.04 Å². The van der Waals surface area contributed by atoms with Crippen molar-refractivity contribution in [2.45, 2.75) is 6.04 Å². The van der Waals surface area contributed by atoms with Gasteiger partial charge in [-0.3, -0.25) is 9.59 Å². The molecule has 0 fully saturated rings. The first-order chi connectivity index (χ1) is 11.6. The number of hydrogen-bond donors (Lipinski definition) is 0. The molecule has 5 heteroatoms. The van der Waals surface area contributed by atoms with Crippen LogP contribution in [-0.4, -0.2) is 25.0 Å². The zero-order valence-electron chi connectivity index (χ0n) is 13.3. The zero-order valence-corrected chi connectivity index (χ0v) is 13.3. The summed E-state index contributed by atoms with van der Waals surface area (Å²) in [5.74, 6) is 0.434. The Morgan fingerprint density at radius 3 is 2.54 bits per heavy atom. The molecule has 1 amide bonds. The minimum Gasteiger partial charge on any atom is -0.496 e. The first-order valence-electron chi connectivity index (χ1n) is 7.59. The zero-order chi connectivity index (χ0) is 16.8. The van der Waals surface area contributed by atoms with Gasteiger partial charge in [0, 0.05) is 12.6 Å². The van der Waals surface area contributed by atoms with Crippen molar-refractivity contribution < 1.29 is 13.9 Å². The largest absolute Gasteiger partial charge is 0.496 e. The highest BCUT2D eigenvalue weighted by Crippen LogP contribution is 2.40. The van der Waals surface area contributed by atoms with Crippen LogP contribution in [0.1, 0.15) is 27.7 Å². The molecule has 0 unspecified atom stereocenters. The molecule has 0 saturated carbocycles. The summed E-state index contributed by atoms with van der Waals surface area (Å²) in [6.45, 7) is 0. The second-order valence-corrected chi connectivity index (χ2v) is 5.73. The Balaban J connectivity index is 2.05. The Bertz CT molecular complexity index is 1020. The summed E-state index contributed by atoms with van der Waals surface area (Å²) in [5.41, 5.74) is 1.37. The summed E-state index contributed by atoms with van der Waals surface area (Å²) >= 11 is 0. The molecule has 2 heterocycles. The van der Waals surface area contributed by atoms with E-state index in [1.807, 2.05) is 24.3 Å². The van der Waals surface area contributed by atoms with Crippen LogP contribution in [-0.2, 0) is 0 Å². The van der Waals surface area contributed by atoms with Crippen LogP contribution in [0, 0.1) is 0 Å². The second kappa shape index (κ2) is 5.23. The van der Waals surface area contributed by atoms with Gasteiger partial charge < -0.3 is 14.1 Å². The lowest BCUT2D eigenvalue weighted by Crippen LogP contribution is -2.25. The lowest BCUT2D eigenvalue weighted by atomic mass is 9.98. The predicted octanol–water partition coefficient (Wildman–Crippen LogP) is 2.98. The average molecular weight is 321 g/mol. The Hall–Kier alpha value is -3.08.